The van der Waals surface area contributed by atoms with Crippen molar-refractivity contribution in [2.45, 2.75) is 36.8 Å². The van der Waals surface area contributed by atoms with Gasteiger partial charge in [-0.05, 0) is 42.7 Å². The summed E-state index contributed by atoms with van der Waals surface area (Å²) in [5.74, 6) is 0.787. The predicted octanol–water partition coefficient (Wildman–Crippen LogP) is 4.00. The summed E-state index contributed by atoms with van der Waals surface area (Å²) >= 11 is 0. The maximum Gasteiger partial charge on any atom is 0.279 e. The second-order valence-corrected chi connectivity index (χ2v) is 9.66. The van der Waals surface area contributed by atoms with Gasteiger partial charge in [0.05, 0.1) is 18.2 Å². The van der Waals surface area contributed by atoms with Gasteiger partial charge < -0.3 is 15.0 Å². The van der Waals surface area contributed by atoms with Gasteiger partial charge in [0.25, 0.3) is 10.0 Å². The number of methoxy groups -OCH3 is 1. The number of nitrogen functional groups attached to an aromatic ring is 1. The van der Waals surface area contributed by atoms with Crippen LogP contribution in [0.15, 0.2) is 60.1 Å². The third-order valence-corrected chi connectivity index (χ3v) is 7.31. The van der Waals surface area contributed by atoms with E-state index in [4.69, 9.17) is 10.5 Å². The van der Waals surface area contributed by atoms with E-state index in [1.807, 2.05) is 6.07 Å². The summed E-state index contributed by atoms with van der Waals surface area (Å²) in [6.45, 7) is 0. The average Bonchev–Trinajstić information content (AvgIpc) is 3.48. The highest BCUT2D eigenvalue weighted by Crippen LogP contribution is 2.40. The van der Waals surface area contributed by atoms with E-state index in [0.29, 0.717) is 23.3 Å². The van der Waals surface area contributed by atoms with Crippen molar-refractivity contribution in [2.75, 3.05) is 17.6 Å². The van der Waals surface area contributed by atoms with Crippen LogP contribution in [0, 0.1) is 0 Å². The van der Waals surface area contributed by atoms with Gasteiger partial charge in [0, 0.05) is 24.0 Å². The molecule has 5 rings (SSSR count). The first kappa shape index (κ1) is 21.2. The molecule has 4 aromatic rings. The van der Waals surface area contributed by atoms with Crippen molar-refractivity contribution in [3.8, 4) is 16.9 Å². The number of aromatic nitrogens is 4. The van der Waals surface area contributed by atoms with Gasteiger partial charge in [-0.2, -0.15) is 8.42 Å². The van der Waals surface area contributed by atoms with Gasteiger partial charge >= 0.3 is 0 Å². The van der Waals surface area contributed by atoms with Crippen molar-refractivity contribution in [2.24, 2.45) is 0 Å². The maximum atomic E-state index is 12.7. The molecule has 1 aromatic carbocycles. The molecule has 0 aliphatic heterocycles. The van der Waals surface area contributed by atoms with Crippen LogP contribution in [-0.2, 0) is 10.0 Å². The van der Waals surface area contributed by atoms with Gasteiger partial charge in [0.1, 0.15) is 23.5 Å². The zero-order valence-corrected chi connectivity index (χ0v) is 18.9. The monoisotopic (exact) mass is 464 g/mol. The first-order chi connectivity index (χ1) is 16.0. The van der Waals surface area contributed by atoms with E-state index in [9.17, 15) is 8.42 Å². The van der Waals surface area contributed by atoms with Crippen molar-refractivity contribution in [3.63, 3.8) is 0 Å². The third-order valence-electron chi connectivity index (χ3n) is 6.03. The fourth-order valence-electron chi connectivity index (χ4n) is 4.43. The highest BCUT2D eigenvalue weighted by molar-refractivity contribution is 7.92. The van der Waals surface area contributed by atoms with Gasteiger partial charge in [-0.15, -0.1) is 0 Å². The topological polar surface area (TPSA) is 125 Å². The molecule has 9 nitrogen and oxygen atoms in total. The van der Waals surface area contributed by atoms with Gasteiger partial charge in [0.15, 0.2) is 5.03 Å². The highest BCUT2D eigenvalue weighted by Gasteiger charge is 2.24. The first-order valence-electron chi connectivity index (χ1n) is 10.7. The Morgan fingerprint density at radius 1 is 1.12 bits per heavy atom. The van der Waals surface area contributed by atoms with E-state index < -0.39 is 10.0 Å². The number of rotatable bonds is 6. The molecule has 0 spiro atoms. The fourth-order valence-corrected chi connectivity index (χ4v) is 5.45. The minimum Gasteiger partial charge on any atom is -0.495 e. The molecule has 1 fully saturated rings. The molecule has 0 saturated heterocycles. The standard InChI is InChI=1S/C23H24N6O3S/c1-32-19-12-15(9-10-18(19)28-33(30,31)20-8-4-5-11-25-20)17-13-29(16-6-2-3-7-16)23-21(17)22(24)26-14-27-23/h4-5,8-14,16,28H,2-3,6-7H2,1H3,(H2,24,26,27). The molecule has 1 aliphatic rings. The Bertz CT molecular complexity index is 1410. The van der Waals surface area contributed by atoms with Crippen molar-refractivity contribution in [1.82, 2.24) is 19.5 Å². The van der Waals surface area contributed by atoms with E-state index in [2.05, 4.69) is 30.4 Å². The quantitative estimate of drug-likeness (QED) is 0.442. The lowest BCUT2D eigenvalue weighted by molar-refractivity contribution is 0.417. The molecule has 0 unspecified atom stereocenters. The second kappa shape index (κ2) is 8.36. The molecule has 0 atom stereocenters. The maximum absolute atomic E-state index is 12.7. The van der Waals surface area contributed by atoms with Crippen LogP contribution < -0.4 is 15.2 Å². The van der Waals surface area contributed by atoms with Gasteiger partial charge in [-0.3, -0.25) is 4.72 Å². The Labute approximate surface area is 191 Å². The summed E-state index contributed by atoms with van der Waals surface area (Å²) in [5.41, 5.74) is 9.10. The molecule has 3 aromatic heterocycles. The number of nitrogens with zero attached hydrogens (tertiary/aromatic N) is 4. The predicted molar refractivity (Wildman–Crippen MR) is 126 cm³/mol. The van der Waals surface area contributed by atoms with Crippen LogP contribution in [0.4, 0.5) is 11.5 Å². The zero-order chi connectivity index (χ0) is 23.0. The van der Waals surface area contributed by atoms with Crippen LogP contribution in [0.2, 0.25) is 0 Å². The smallest absolute Gasteiger partial charge is 0.279 e. The van der Waals surface area contributed by atoms with Crippen LogP contribution in [0.25, 0.3) is 22.2 Å². The number of hydrogen-bond donors (Lipinski definition) is 2. The van der Waals surface area contributed by atoms with Gasteiger partial charge in [-0.1, -0.05) is 25.0 Å². The Morgan fingerprint density at radius 2 is 1.94 bits per heavy atom. The summed E-state index contributed by atoms with van der Waals surface area (Å²) in [4.78, 5) is 12.6. The molecular weight excluding hydrogens is 440 g/mol. The average molecular weight is 465 g/mol. The van der Waals surface area contributed by atoms with Crippen molar-refractivity contribution >= 4 is 32.6 Å². The number of nitrogens with one attached hydrogen (secondary N) is 1. The van der Waals surface area contributed by atoms with E-state index in [1.165, 1.54) is 38.5 Å². The van der Waals surface area contributed by atoms with Crippen LogP contribution in [0.5, 0.6) is 5.75 Å². The summed E-state index contributed by atoms with van der Waals surface area (Å²) in [6.07, 6.45) is 9.58. The van der Waals surface area contributed by atoms with Crippen molar-refractivity contribution < 1.29 is 13.2 Å². The molecule has 3 heterocycles. The van der Waals surface area contributed by atoms with E-state index >= 15 is 0 Å². The number of anilines is 2. The molecule has 1 saturated carbocycles. The zero-order valence-electron chi connectivity index (χ0n) is 18.1. The van der Waals surface area contributed by atoms with E-state index in [1.54, 1.807) is 24.3 Å². The normalized spacial score (nSPS) is 14.6. The van der Waals surface area contributed by atoms with Crippen LogP contribution in [0.1, 0.15) is 31.7 Å². The molecular formula is C23H24N6O3S. The lowest BCUT2D eigenvalue weighted by Crippen LogP contribution is -2.14. The highest BCUT2D eigenvalue weighted by atomic mass is 32.2. The Hall–Kier alpha value is -3.66. The van der Waals surface area contributed by atoms with Crippen LogP contribution >= 0.6 is 0 Å². The molecule has 10 heteroatoms. The number of pyridine rings is 1. The van der Waals surface area contributed by atoms with Crippen molar-refractivity contribution in [1.29, 1.82) is 0 Å². The molecule has 33 heavy (non-hydrogen) atoms. The minimum atomic E-state index is -3.86. The summed E-state index contributed by atoms with van der Waals surface area (Å²) in [5, 5.41) is 0.717. The number of benzene rings is 1. The Morgan fingerprint density at radius 3 is 2.67 bits per heavy atom. The Kier molecular flexibility index (Phi) is 5.37. The summed E-state index contributed by atoms with van der Waals surface area (Å²) < 4.78 is 35.7. The van der Waals surface area contributed by atoms with Crippen molar-refractivity contribution in [3.05, 3.63) is 55.1 Å². The van der Waals surface area contributed by atoms with Crippen LogP contribution in [0.3, 0.4) is 0 Å². The third kappa shape index (κ3) is 3.86. The number of hydrogen-bond acceptors (Lipinski definition) is 7. The second-order valence-electron chi connectivity index (χ2n) is 8.03. The van der Waals surface area contributed by atoms with E-state index in [-0.39, 0.29) is 5.03 Å². The SMILES string of the molecule is COc1cc(-c2cn(C3CCCC3)c3ncnc(N)c23)ccc1NS(=O)(=O)c1ccccn1. The number of fused-ring (bicyclic) bond motifs is 1. The molecule has 0 bridgehead atoms. The molecule has 0 amide bonds. The molecule has 1 aliphatic carbocycles. The molecule has 170 valence electrons. The lowest BCUT2D eigenvalue weighted by atomic mass is 10.1. The number of sulfonamides is 1. The summed E-state index contributed by atoms with van der Waals surface area (Å²) in [7, 11) is -2.36. The summed E-state index contributed by atoms with van der Waals surface area (Å²) in [6, 6.07) is 10.4. The molecule has 3 N–H and O–H groups in total. The lowest BCUT2D eigenvalue weighted by Gasteiger charge is -2.13. The minimum absolute atomic E-state index is 0.0688. The van der Waals surface area contributed by atoms with Gasteiger partial charge in [0.2, 0.25) is 0 Å². The van der Waals surface area contributed by atoms with E-state index in [0.717, 1.165) is 35.0 Å². The Balaban J connectivity index is 1.57. The largest absolute Gasteiger partial charge is 0.495 e. The number of ether oxygens (including phenoxy) is 1. The first-order valence-corrected chi connectivity index (χ1v) is 12.2. The molecule has 0 radical (unpaired) electrons. The number of nitrogens with two attached hydrogens (primary N) is 1. The van der Waals surface area contributed by atoms with Gasteiger partial charge in [-0.25, -0.2) is 15.0 Å². The fraction of sp³-hybridized carbons (Fsp3) is 0.261. The van der Waals surface area contributed by atoms with Crippen LogP contribution in [-0.4, -0.2) is 35.0 Å².